The van der Waals surface area contributed by atoms with Crippen molar-refractivity contribution < 1.29 is 4.79 Å². The normalized spacial score (nSPS) is 18.2. The Bertz CT molecular complexity index is 815. The van der Waals surface area contributed by atoms with Crippen LogP contribution in [-0.4, -0.2) is 74.7 Å². The summed E-state index contributed by atoms with van der Waals surface area (Å²) >= 11 is 0. The van der Waals surface area contributed by atoms with Crippen molar-refractivity contribution >= 4 is 11.9 Å². The molecule has 156 valence electrons. The SMILES string of the molecule is CCCn1cc(CN2CCCN(C(=O)c3ccnc(N4CCCC4)n3)CC2)cn1. The first-order chi connectivity index (χ1) is 14.2. The van der Waals surface area contributed by atoms with Gasteiger partial charge in [-0.3, -0.25) is 14.4 Å². The highest BCUT2D eigenvalue weighted by Crippen LogP contribution is 2.17. The van der Waals surface area contributed by atoms with Gasteiger partial charge in [-0.15, -0.1) is 0 Å². The largest absolute Gasteiger partial charge is 0.341 e. The van der Waals surface area contributed by atoms with Crippen molar-refractivity contribution in [1.29, 1.82) is 0 Å². The molecule has 0 aliphatic carbocycles. The minimum atomic E-state index is 0.0189. The molecule has 0 saturated carbocycles. The lowest BCUT2D eigenvalue weighted by atomic mass is 10.3. The van der Waals surface area contributed by atoms with Crippen LogP contribution in [0.4, 0.5) is 5.95 Å². The third-order valence-corrected chi connectivity index (χ3v) is 5.67. The van der Waals surface area contributed by atoms with Crippen LogP contribution in [0.5, 0.6) is 0 Å². The molecule has 4 heterocycles. The van der Waals surface area contributed by atoms with E-state index < -0.39 is 0 Å². The van der Waals surface area contributed by atoms with E-state index in [1.54, 1.807) is 12.3 Å². The topological polar surface area (TPSA) is 70.4 Å². The van der Waals surface area contributed by atoms with Crippen LogP contribution in [0.25, 0.3) is 0 Å². The van der Waals surface area contributed by atoms with Gasteiger partial charge in [0.25, 0.3) is 5.91 Å². The van der Waals surface area contributed by atoms with Gasteiger partial charge in [0.15, 0.2) is 0 Å². The van der Waals surface area contributed by atoms with E-state index in [1.807, 2.05) is 15.8 Å². The molecule has 2 fully saturated rings. The van der Waals surface area contributed by atoms with E-state index in [0.29, 0.717) is 11.6 Å². The highest BCUT2D eigenvalue weighted by molar-refractivity contribution is 5.92. The standard InChI is InChI=1S/C21H31N7O/c1-2-8-28-17-18(15-23-28)16-25-9-5-12-26(14-13-25)20(29)19-6-7-22-21(24-19)27-10-3-4-11-27/h6-7,15,17H,2-5,8-14,16H2,1H3. The van der Waals surface area contributed by atoms with Crippen LogP contribution in [0.3, 0.4) is 0 Å². The molecule has 0 aromatic carbocycles. The maximum Gasteiger partial charge on any atom is 0.272 e. The van der Waals surface area contributed by atoms with Gasteiger partial charge in [-0.1, -0.05) is 6.92 Å². The number of aromatic nitrogens is 4. The van der Waals surface area contributed by atoms with Gasteiger partial charge in [-0.25, -0.2) is 9.97 Å². The van der Waals surface area contributed by atoms with Gasteiger partial charge in [0, 0.05) is 70.3 Å². The minimum absolute atomic E-state index is 0.0189. The average Bonchev–Trinajstić information content (AvgIpc) is 3.37. The number of carbonyl (C=O) groups excluding carboxylic acids is 1. The molecule has 0 bridgehead atoms. The first-order valence-corrected chi connectivity index (χ1v) is 10.8. The lowest BCUT2D eigenvalue weighted by molar-refractivity contribution is 0.0755. The summed E-state index contributed by atoms with van der Waals surface area (Å²) in [7, 11) is 0. The fourth-order valence-corrected chi connectivity index (χ4v) is 4.13. The molecule has 2 aliphatic heterocycles. The average molecular weight is 398 g/mol. The van der Waals surface area contributed by atoms with Gasteiger partial charge in [0.1, 0.15) is 5.69 Å². The molecule has 8 heteroatoms. The van der Waals surface area contributed by atoms with Gasteiger partial charge in [-0.05, 0) is 31.7 Å². The van der Waals surface area contributed by atoms with E-state index in [1.165, 1.54) is 18.4 Å². The van der Waals surface area contributed by atoms with Crippen LogP contribution >= 0.6 is 0 Å². The minimum Gasteiger partial charge on any atom is -0.341 e. The number of hydrogen-bond donors (Lipinski definition) is 0. The summed E-state index contributed by atoms with van der Waals surface area (Å²) in [6.45, 7) is 9.32. The molecule has 2 aromatic heterocycles. The van der Waals surface area contributed by atoms with E-state index in [2.05, 4.69) is 38.0 Å². The number of amides is 1. The van der Waals surface area contributed by atoms with Crippen LogP contribution in [0.2, 0.25) is 0 Å². The second kappa shape index (κ2) is 9.35. The van der Waals surface area contributed by atoms with Crippen molar-refractivity contribution in [2.75, 3.05) is 44.2 Å². The number of anilines is 1. The zero-order valence-electron chi connectivity index (χ0n) is 17.3. The molecule has 2 aliphatic rings. The molecule has 0 N–H and O–H groups in total. The van der Waals surface area contributed by atoms with Crippen molar-refractivity contribution in [2.45, 2.75) is 45.7 Å². The van der Waals surface area contributed by atoms with E-state index in [4.69, 9.17) is 0 Å². The monoisotopic (exact) mass is 397 g/mol. The zero-order chi connectivity index (χ0) is 20.1. The van der Waals surface area contributed by atoms with E-state index in [-0.39, 0.29) is 5.91 Å². The van der Waals surface area contributed by atoms with Crippen molar-refractivity contribution in [3.63, 3.8) is 0 Å². The predicted molar refractivity (Wildman–Crippen MR) is 112 cm³/mol. The van der Waals surface area contributed by atoms with Crippen LogP contribution in [0, 0.1) is 0 Å². The van der Waals surface area contributed by atoms with Gasteiger partial charge in [0.05, 0.1) is 6.20 Å². The Hall–Kier alpha value is -2.48. The number of carbonyl (C=O) groups is 1. The highest BCUT2D eigenvalue weighted by atomic mass is 16.2. The Kier molecular flexibility index (Phi) is 6.39. The quantitative estimate of drug-likeness (QED) is 0.743. The molecule has 0 spiro atoms. The molecular weight excluding hydrogens is 366 g/mol. The highest BCUT2D eigenvalue weighted by Gasteiger charge is 2.23. The second-order valence-electron chi connectivity index (χ2n) is 7.97. The smallest absolute Gasteiger partial charge is 0.272 e. The molecule has 8 nitrogen and oxygen atoms in total. The Morgan fingerprint density at radius 3 is 2.76 bits per heavy atom. The van der Waals surface area contributed by atoms with Crippen molar-refractivity contribution in [1.82, 2.24) is 29.5 Å². The summed E-state index contributed by atoms with van der Waals surface area (Å²) in [6, 6.07) is 1.74. The third kappa shape index (κ3) is 4.93. The molecule has 1 amide bonds. The summed E-state index contributed by atoms with van der Waals surface area (Å²) in [5, 5.41) is 4.43. The van der Waals surface area contributed by atoms with Crippen LogP contribution in [0.1, 0.15) is 48.7 Å². The number of aryl methyl sites for hydroxylation is 1. The summed E-state index contributed by atoms with van der Waals surface area (Å²) in [4.78, 5) is 28.5. The zero-order valence-corrected chi connectivity index (χ0v) is 17.3. The predicted octanol–water partition coefficient (Wildman–Crippen LogP) is 2.03. The fourth-order valence-electron chi connectivity index (χ4n) is 4.13. The summed E-state index contributed by atoms with van der Waals surface area (Å²) in [6.07, 6.45) is 10.2. The number of nitrogens with zero attached hydrogens (tertiary/aromatic N) is 7. The third-order valence-electron chi connectivity index (χ3n) is 5.67. The fraction of sp³-hybridized carbons (Fsp3) is 0.619. The van der Waals surface area contributed by atoms with E-state index >= 15 is 0 Å². The van der Waals surface area contributed by atoms with Crippen LogP contribution in [-0.2, 0) is 13.1 Å². The molecule has 0 radical (unpaired) electrons. The molecule has 2 saturated heterocycles. The van der Waals surface area contributed by atoms with Crippen molar-refractivity contribution in [2.24, 2.45) is 0 Å². The molecular formula is C21H31N7O. The maximum atomic E-state index is 13.0. The number of hydrogen-bond acceptors (Lipinski definition) is 6. The van der Waals surface area contributed by atoms with E-state index in [9.17, 15) is 4.79 Å². The first-order valence-electron chi connectivity index (χ1n) is 10.8. The Morgan fingerprint density at radius 2 is 1.93 bits per heavy atom. The molecule has 0 atom stereocenters. The molecule has 2 aromatic rings. The Labute approximate surface area is 172 Å². The van der Waals surface area contributed by atoms with Gasteiger partial charge in [0.2, 0.25) is 5.95 Å². The summed E-state index contributed by atoms with van der Waals surface area (Å²) < 4.78 is 2.01. The maximum absolute atomic E-state index is 13.0. The lowest BCUT2D eigenvalue weighted by Crippen LogP contribution is -2.35. The summed E-state index contributed by atoms with van der Waals surface area (Å²) in [5.41, 5.74) is 1.75. The first kappa shape index (κ1) is 19.8. The number of rotatable bonds is 6. The molecule has 4 rings (SSSR count). The molecule has 29 heavy (non-hydrogen) atoms. The molecule has 0 unspecified atom stereocenters. The summed E-state index contributed by atoms with van der Waals surface area (Å²) in [5.74, 6) is 0.708. The van der Waals surface area contributed by atoms with Crippen molar-refractivity contribution in [3.8, 4) is 0 Å². The Morgan fingerprint density at radius 1 is 1.07 bits per heavy atom. The lowest BCUT2D eigenvalue weighted by Gasteiger charge is -2.22. The Balaban J connectivity index is 1.35. The van der Waals surface area contributed by atoms with E-state index in [0.717, 1.165) is 65.2 Å². The van der Waals surface area contributed by atoms with Gasteiger partial charge in [-0.2, -0.15) is 5.10 Å². The van der Waals surface area contributed by atoms with Gasteiger partial charge < -0.3 is 9.80 Å². The second-order valence-corrected chi connectivity index (χ2v) is 7.97. The van der Waals surface area contributed by atoms with Crippen LogP contribution < -0.4 is 4.90 Å². The van der Waals surface area contributed by atoms with Crippen molar-refractivity contribution in [3.05, 3.63) is 35.9 Å². The van der Waals surface area contributed by atoms with Gasteiger partial charge >= 0.3 is 0 Å². The van der Waals surface area contributed by atoms with Crippen LogP contribution in [0.15, 0.2) is 24.7 Å².